The molecule has 0 unspecified atom stereocenters. The highest BCUT2D eigenvalue weighted by Gasteiger charge is 2.19. The second-order valence-electron chi connectivity index (χ2n) is 8.48. The molecular weight excluding hydrogens is 431 g/mol. The van der Waals surface area contributed by atoms with Crippen molar-refractivity contribution in [2.75, 3.05) is 0 Å². The van der Waals surface area contributed by atoms with E-state index in [0.29, 0.717) is 31.0 Å². The summed E-state index contributed by atoms with van der Waals surface area (Å²) in [5.41, 5.74) is 5.17. The number of hydrogen-bond donors (Lipinski definition) is 1. The summed E-state index contributed by atoms with van der Waals surface area (Å²) in [5, 5.41) is 14.4. The van der Waals surface area contributed by atoms with E-state index in [1.807, 2.05) is 48.5 Å². The van der Waals surface area contributed by atoms with Gasteiger partial charge in [-0.3, -0.25) is 9.13 Å². The van der Waals surface area contributed by atoms with Crippen LogP contribution in [0.2, 0.25) is 0 Å². The van der Waals surface area contributed by atoms with Crippen LogP contribution in [0, 0.1) is 0 Å². The molecule has 0 saturated heterocycles. The summed E-state index contributed by atoms with van der Waals surface area (Å²) >= 11 is 0. The zero-order valence-electron chi connectivity index (χ0n) is 19.8. The third kappa shape index (κ3) is 4.85. The highest BCUT2D eigenvalue weighted by molar-refractivity contribution is 5.80. The van der Waals surface area contributed by atoms with Crippen molar-refractivity contribution in [2.24, 2.45) is 0 Å². The van der Waals surface area contributed by atoms with Gasteiger partial charge in [-0.15, -0.1) is 10.2 Å². The summed E-state index contributed by atoms with van der Waals surface area (Å²) in [6, 6.07) is 16.0. The van der Waals surface area contributed by atoms with Gasteiger partial charge in [0, 0.05) is 17.8 Å². The molecule has 2 aromatic carbocycles. The molecule has 2 heterocycles. The Hall–Kier alpha value is -3.55. The number of aromatic amines is 1. The molecular formula is C26H31FN6O. The Bertz CT molecular complexity index is 1260. The average Bonchev–Trinajstić information content (AvgIpc) is 3.49. The van der Waals surface area contributed by atoms with E-state index in [0.717, 1.165) is 53.6 Å². The van der Waals surface area contributed by atoms with Crippen LogP contribution >= 0.6 is 0 Å². The number of aromatic nitrogens is 6. The van der Waals surface area contributed by atoms with Crippen LogP contribution < -0.4 is 5.69 Å². The van der Waals surface area contributed by atoms with Crippen molar-refractivity contribution in [1.82, 2.24) is 29.8 Å². The van der Waals surface area contributed by atoms with Crippen LogP contribution in [0.15, 0.2) is 53.3 Å². The fourth-order valence-electron chi connectivity index (χ4n) is 4.35. The van der Waals surface area contributed by atoms with Crippen molar-refractivity contribution in [2.45, 2.75) is 65.7 Å². The van der Waals surface area contributed by atoms with Crippen LogP contribution in [0.5, 0.6) is 0 Å². The van der Waals surface area contributed by atoms with Gasteiger partial charge in [0.25, 0.3) is 0 Å². The molecule has 4 aromatic rings. The van der Waals surface area contributed by atoms with E-state index < -0.39 is 6.67 Å². The highest BCUT2D eigenvalue weighted by atomic mass is 19.1. The van der Waals surface area contributed by atoms with Gasteiger partial charge in [0.15, 0.2) is 0 Å². The normalized spacial score (nSPS) is 11.3. The van der Waals surface area contributed by atoms with Crippen LogP contribution in [0.3, 0.4) is 0 Å². The molecule has 4 rings (SSSR count). The molecule has 0 radical (unpaired) electrons. The monoisotopic (exact) mass is 462 g/mol. The standard InChI is InChI=1S/C26H31FN6O/c1-3-5-11-23-24(17-27)32(16-6-4-2)26(34)33(23)18-19-12-14-20(15-13-19)21-9-7-8-10-22(21)25-28-30-31-29-25/h7-10,12-15H,3-6,11,16-18H2,1-2H3,(H,28,29,30,31). The molecule has 0 amide bonds. The molecule has 1 N–H and O–H groups in total. The van der Waals surface area contributed by atoms with Crippen molar-refractivity contribution in [3.63, 3.8) is 0 Å². The topological polar surface area (TPSA) is 81.4 Å². The Labute approximate surface area is 198 Å². The first-order valence-electron chi connectivity index (χ1n) is 12.0. The van der Waals surface area contributed by atoms with Crippen LogP contribution in [0.25, 0.3) is 22.5 Å². The second-order valence-corrected chi connectivity index (χ2v) is 8.48. The molecule has 0 spiro atoms. The summed E-state index contributed by atoms with van der Waals surface area (Å²) in [6.45, 7) is 4.56. The van der Waals surface area contributed by atoms with E-state index >= 15 is 0 Å². The predicted octanol–water partition coefficient (Wildman–Crippen LogP) is 5.16. The molecule has 0 aliphatic carbocycles. The summed E-state index contributed by atoms with van der Waals surface area (Å²) in [5.74, 6) is 0.541. The van der Waals surface area contributed by atoms with Gasteiger partial charge in [-0.2, -0.15) is 5.21 Å². The fraction of sp³-hybridized carbons (Fsp3) is 0.385. The molecule has 2 aromatic heterocycles. The molecule has 0 saturated carbocycles. The summed E-state index contributed by atoms with van der Waals surface area (Å²) in [6.07, 6.45) is 4.45. The number of nitrogens with one attached hydrogen (secondary N) is 1. The van der Waals surface area contributed by atoms with E-state index in [1.165, 1.54) is 0 Å². The Morgan fingerprint density at radius 3 is 2.29 bits per heavy atom. The minimum Gasteiger partial charge on any atom is -0.293 e. The van der Waals surface area contributed by atoms with Crippen molar-refractivity contribution in [1.29, 1.82) is 0 Å². The zero-order valence-corrected chi connectivity index (χ0v) is 19.8. The fourth-order valence-corrected chi connectivity index (χ4v) is 4.35. The minimum absolute atomic E-state index is 0.112. The van der Waals surface area contributed by atoms with Crippen LogP contribution in [0.4, 0.5) is 4.39 Å². The number of unbranched alkanes of at least 4 members (excludes halogenated alkanes) is 2. The molecule has 34 heavy (non-hydrogen) atoms. The van der Waals surface area contributed by atoms with Crippen LogP contribution in [-0.2, 0) is 26.2 Å². The van der Waals surface area contributed by atoms with E-state index in [4.69, 9.17) is 0 Å². The smallest absolute Gasteiger partial charge is 0.293 e. The number of halogens is 1. The Morgan fingerprint density at radius 2 is 1.65 bits per heavy atom. The SMILES string of the molecule is CCCCc1c(CF)n(CCCC)c(=O)n1Cc1ccc(-c2ccccc2-c2nn[nH]n2)cc1. The molecule has 0 aliphatic heterocycles. The Kier molecular flexibility index (Phi) is 7.67. The Morgan fingerprint density at radius 1 is 0.912 bits per heavy atom. The van der Waals surface area contributed by atoms with E-state index in [1.54, 1.807) is 9.13 Å². The van der Waals surface area contributed by atoms with Gasteiger partial charge in [0.1, 0.15) is 6.67 Å². The summed E-state index contributed by atoms with van der Waals surface area (Å²) < 4.78 is 17.4. The number of benzene rings is 2. The predicted molar refractivity (Wildman–Crippen MR) is 131 cm³/mol. The van der Waals surface area contributed by atoms with E-state index in [9.17, 15) is 9.18 Å². The maximum absolute atomic E-state index is 14.0. The van der Waals surface area contributed by atoms with Crippen molar-refractivity contribution in [3.05, 3.63) is 76.0 Å². The number of imidazole rings is 1. The van der Waals surface area contributed by atoms with Gasteiger partial charge in [-0.05, 0) is 41.2 Å². The lowest BCUT2D eigenvalue weighted by atomic mass is 9.98. The molecule has 8 heteroatoms. The Balaban J connectivity index is 1.66. The van der Waals surface area contributed by atoms with Gasteiger partial charge < -0.3 is 0 Å². The van der Waals surface area contributed by atoms with Gasteiger partial charge in [0.05, 0.1) is 12.2 Å². The lowest BCUT2D eigenvalue weighted by Gasteiger charge is -2.10. The van der Waals surface area contributed by atoms with Crippen molar-refractivity contribution < 1.29 is 4.39 Å². The first-order chi connectivity index (χ1) is 16.7. The number of hydrogen-bond acceptors (Lipinski definition) is 4. The maximum Gasteiger partial charge on any atom is 0.328 e. The summed E-state index contributed by atoms with van der Waals surface area (Å²) in [7, 11) is 0. The van der Waals surface area contributed by atoms with E-state index in [2.05, 4.69) is 34.5 Å². The van der Waals surface area contributed by atoms with Crippen molar-refractivity contribution >= 4 is 0 Å². The third-order valence-corrected chi connectivity index (χ3v) is 6.19. The van der Waals surface area contributed by atoms with Gasteiger partial charge >= 0.3 is 5.69 Å². The third-order valence-electron chi connectivity index (χ3n) is 6.19. The van der Waals surface area contributed by atoms with Gasteiger partial charge in [-0.1, -0.05) is 75.2 Å². The van der Waals surface area contributed by atoms with Crippen LogP contribution in [-0.4, -0.2) is 29.8 Å². The molecule has 0 atom stereocenters. The number of alkyl halides is 1. The first kappa shape index (κ1) is 23.6. The summed E-state index contributed by atoms with van der Waals surface area (Å²) in [4.78, 5) is 13.2. The molecule has 0 fully saturated rings. The number of H-pyrrole nitrogens is 1. The van der Waals surface area contributed by atoms with Crippen LogP contribution in [0.1, 0.15) is 56.5 Å². The molecule has 178 valence electrons. The van der Waals surface area contributed by atoms with Crippen molar-refractivity contribution in [3.8, 4) is 22.5 Å². The quantitative estimate of drug-likeness (QED) is 0.334. The lowest BCUT2D eigenvalue weighted by Crippen LogP contribution is -2.26. The molecule has 7 nitrogen and oxygen atoms in total. The number of nitrogens with zero attached hydrogens (tertiary/aromatic N) is 5. The first-order valence-corrected chi connectivity index (χ1v) is 12.0. The molecule has 0 aliphatic rings. The van der Waals surface area contributed by atoms with E-state index in [-0.39, 0.29) is 5.69 Å². The maximum atomic E-state index is 14.0. The number of rotatable bonds is 11. The van der Waals surface area contributed by atoms with Gasteiger partial charge in [0.2, 0.25) is 5.82 Å². The molecule has 0 bridgehead atoms. The largest absolute Gasteiger partial charge is 0.328 e. The van der Waals surface area contributed by atoms with Gasteiger partial charge in [-0.25, -0.2) is 9.18 Å². The average molecular weight is 463 g/mol. The zero-order chi connectivity index (χ0) is 23.9. The number of tetrazole rings is 1. The highest BCUT2D eigenvalue weighted by Crippen LogP contribution is 2.30. The minimum atomic E-state index is -0.614. The lowest BCUT2D eigenvalue weighted by molar-refractivity contribution is 0.446. The second kappa shape index (κ2) is 11.0.